The predicted octanol–water partition coefficient (Wildman–Crippen LogP) is 3.22. The average Bonchev–Trinajstić information content (AvgIpc) is 3.02. The highest BCUT2D eigenvalue weighted by molar-refractivity contribution is 8.00. The van der Waals surface area contributed by atoms with Crippen molar-refractivity contribution in [3.8, 4) is 0 Å². The number of esters is 1. The summed E-state index contributed by atoms with van der Waals surface area (Å²) in [6.45, 7) is 5.10. The highest BCUT2D eigenvalue weighted by Crippen LogP contribution is 2.21. The van der Waals surface area contributed by atoms with Gasteiger partial charge in [-0.05, 0) is 25.1 Å². The highest BCUT2D eigenvalue weighted by Gasteiger charge is 2.15. The molecule has 0 aliphatic heterocycles. The summed E-state index contributed by atoms with van der Waals surface area (Å²) in [5, 5.41) is 6.87. The summed E-state index contributed by atoms with van der Waals surface area (Å²) in [4.78, 5) is 17.1. The number of rotatable bonds is 7. The molecule has 1 heterocycles. The van der Waals surface area contributed by atoms with E-state index in [1.54, 1.807) is 31.8 Å². The molecule has 1 aromatic carbocycles. The van der Waals surface area contributed by atoms with E-state index >= 15 is 0 Å². The number of hydrogen-bond donors (Lipinski definition) is 2. The Hall–Kier alpha value is -2.41. The minimum atomic E-state index is -0.397. The Balaban J connectivity index is 1.81. The Morgan fingerprint density at radius 1 is 1.31 bits per heavy atom. The molecule has 0 fully saturated rings. The van der Waals surface area contributed by atoms with E-state index in [1.807, 2.05) is 18.2 Å². The quantitative estimate of drug-likeness (QED) is 0.335. The number of methoxy groups -OCH3 is 1. The zero-order valence-corrected chi connectivity index (χ0v) is 16.4. The lowest BCUT2D eigenvalue weighted by Gasteiger charge is -2.15. The Bertz CT molecular complexity index is 744. The fourth-order valence-electron chi connectivity index (χ4n) is 2.35. The molecule has 2 N–H and O–H groups in total. The van der Waals surface area contributed by atoms with Gasteiger partial charge in [-0.15, -0.1) is 11.8 Å². The van der Waals surface area contributed by atoms with Crippen molar-refractivity contribution < 1.29 is 13.9 Å². The molecule has 0 saturated carbocycles. The molecule has 0 aliphatic carbocycles. The number of nitrogens with one attached hydrogen (secondary N) is 2. The third-order valence-electron chi connectivity index (χ3n) is 3.67. The van der Waals surface area contributed by atoms with Gasteiger partial charge in [0, 0.05) is 23.7 Å². The van der Waals surface area contributed by atoms with E-state index in [-0.39, 0.29) is 0 Å². The van der Waals surface area contributed by atoms with Gasteiger partial charge >= 0.3 is 5.97 Å². The first-order valence-corrected chi connectivity index (χ1v) is 9.25. The number of thioether (sulfide) groups is 1. The van der Waals surface area contributed by atoms with Crippen LogP contribution in [0.3, 0.4) is 0 Å². The topological polar surface area (TPSA) is 75.9 Å². The second-order valence-corrected chi connectivity index (χ2v) is 7.23. The highest BCUT2D eigenvalue weighted by atomic mass is 32.2. The van der Waals surface area contributed by atoms with E-state index in [1.165, 1.54) is 12.0 Å². The first-order chi connectivity index (χ1) is 12.5. The summed E-state index contributed by atoms with van der Waals surface area (Å²) >= 11 is 1.81. The van der Waals surface area contributed by atoms with E-state index in [2.05, 4.69) is 34.7 Å². The molecule has 2 aromatic rings. The molecule has 0 amide bonds. The predicted molar refractivity (Wildman–Crippen MR) is 105 cm³/mol. The summed E-state index contributed by atoms with van der Waals surface area (Å²) in [5.41, 5.74) is 0.445. The molecule has 6 nitrogen and oxygen atoms in total. The van der Waals surface area contributed by atoms with Gasteiger partial charge in [0.25, 0.3) is 0 Å². The average molecular weight is 375 g/mol. The van der Waals surface area contributed by atoms with E-state index in [9.17, 15) is 4.79 Å². The Morgan fingerprint density at radius 3 is 2.69 bits per heavy atom. The van der Waals surface area contributed by atoms with Gasteiger partial charge in [0.05, 0.1) is 13.7 Å². The van der Waals surface area contributed by atoms with Gasteiger partial charge in [0.2, 0.25) is 0 Å². The summed E-state index contributed by atoms with van der Waals surface area (Å²) in [6, 6.07) is 12.0. The molecule has 7 heteroatoms. The first kappa shape index (κ1) is 19.9. The minimum Gasteiger partial charge on any atom is -0.465 e. The summed E-state index contributed by atoms with van der Waals surface area (Å²) in [7, 11) is 3.07. The number of ether oxygens (including phenoxy) is 1. The van der Waals surface area contributed by atoms with Crippen LogP contribution in [0.15, 0.2) is 50.7 Å². The zero-order valence-electron chi connectivity index (χ0n) is 15.5. The first-order valence-electron chi connectivity index (χ1n) is 8.37. The van der Waals surface area contributed by atoms with Crippen molar-refractivity contribution in [3.63, 3.8) is 0 Å². The molecule has 0 aliphatic rings. The summed E-state index contributed by atoms with van der Waals surface area (Å²) in [6.07, 6.45) is 0. The van der Waals surface area contributed by atoms with Gasteiger partial charge in [-0.25, -0.2) is 4.79 Å². The number of aryl methyl sites for hydroxylation is 1. The molecule has 1 aromatic heterocycles. The fourth-order valence-corrected chi connectivity index (χ4v) is 3.29. The van der Waals surface area contributed by atoms with Crippen LogP contribution in [0.1, 0.15) is 28.8 Å². The van der Waals surface area contributed by atoms with Crippen LogP contribution in [0, 0.1) is 6.92 Å². The van der Waals surface area contributed by atoms with Gasteiger partial charge in [0.1, 0.15) is 17.1 Å². The minimum absolute atomic E-state index is 0.382. The van der Waals surface area contributed by atoms with E-state index < -0.39 is 5.97 Å². The van der Waals surface area contributed by atoms with Crippen molar-refractivity contribution >= 4 is 23.7 Å². The second-order valence-electron chi connectivity index (χ2n) is 5.72. The third-order valence-corrected chi connectivity index (χ3v) is 4.78. The number of hydrogen-bond acceptors (Lipinski definition) is 5. The van der Waals surface area contributed by atoms with Crippen LogP contribution >= 0.6 is 11.8 Å². The Morgan fingerprint density at radius 2 is 2.04 bits per heavy atom. The van der Waals surface area contributed by atoms with Crippen molar-refractivity contribution in [2.24, 2.45) is 4.99 Å². The molecule has 2 rings (SSSR count). The van der Waals surface area contributed by atoms with Gasteiger partial charge in [-0.3, -0.25) is 4.99 Å². The van der Waals surface area contributed by atoms with E-state index in [0.717, 1.165) is 6.54 Å². The number of benzene rings is 1. The van der Waals surface area contributed by atoms with Crippen molar-refractivity contribution in [2.45, 2.75) is 30.5 Å². The van der Waals surface area contributed by atoms with E-state index in [4.69, 9.17) is 9.15 Å². The molecule has 1 atom stereocenters. The Kier molecular flexibility index (Phi) is 7.59. The number of carbonyl (C=O) groups is 1. The summed E-state index contributed by atoms with van der Waals surface area (Å²) in [5.74, 6) is 1.48. The van der Waals surface area contributed by atoms with Crippen molar-refractivity contribution in [3.05, 3.63) is 53.5 Å². The Labute approximate surface area is 158 Å². The largest absolute Gasteiger partial charge is 0.465 e. The monoisotopic (exact) mass is 375 g/mol. The fraction of sp³-hybridized carbons (Fsp3) is 0.368. The zero-order chi connectivity index (χ0) is 18.9. The number of furan rings is 1. The third kappa shape index (κ3) is 5.84. The molecular weight excluding hydrogens is 350 g/mol. The molecule has 0 saturated heterocycles. The molecule has 26 heavy (non-hydrogen) atoms. The molecular formula is C19H25N3O3S. The lowest BCUT2D eigenvalue weighted by atomic mass is 10.2. The van der Waals surface area contributed by atoms with Gasteiger partial charge in [0.15, 0.2) is 5.96 Å². The van der Waals surface area contributed by atoms with E-state index in [0.29, 0.717) is 34.8 Å². The van der Waals surface area contributed by atoms with Crippen LogP contribution < -0.4 is 10.6 Å². The maximum Gasteiger partial charge on any atom is 0.341 e. The number of nitrogens with zero attached hydrogens (tertiary/aromatic N) is 1. The maximum atomic E-state index is 11.6. The van der Waals surface area contributed by atoms with Crippen LogP contribution in [-0.4, -0.2) is 37.9 Å². The van der Waals surface area contributed by atoms with Crippen LogP contribution in [0.5, 0.6) is 0 Å². The molecule has 0 radical (unpaired) electrons. The van der Waals surface area contributed by atoms with Crippen LogP contribution in [0.25, 0.3) is 0 Å². The lowest BCUT2D eigenvalue weighted by Crippen LogP contribution is -2.39. The molecule has 140 valence electrons. The standard InChI is InChI=1S/C19H25N3O3S/c1-13(26-16-8-6-5-7-9-16)11-21-19(20-3)22-12-15-10-17(14(2)25-15)18(23)24-4/h5-10,13H,11-12H2,1-4H3,(H2,20,21,22). The van der Waals surface area contributed by atoms with Crippen LogP contribution in [0.2, 0.25) is 0 Å². The van der Waals surface area contributed by atoms with Gasteiger partial charge in [-0.1, -0.05) is 25.1 Å². The van der Waals surface area contributed by atoms with Gasteiger partial charge < -0.3 is 19.8 Å². The van der Waals surface area contributed by atoms with Gasteiger partial charge in [-0.2, -0.15) is 0 Å². The van der Waals surface area contributed by atoms with Crippen LogP contribution in [0.4, 0.5) is 0 Å². The second kappa shape index (κ2) is 9.91. The maximum absolute atomic E-state index is 11.6. The SMILES string of the molecule is CN=C(NCc1cc(C(=O)OC)c(C)o1)NCC(C)Sc1ccccc1. The number of aliphatic imine (C=N–C) groups is 1. The number of guanidine groups is 1. The molecule has 1 unspecified atom stereocenters. The lowest BCUT2D eigenvalue weighted by molar-refractivity contribution is 0.0599. The summed E-state index contributed by atoms with van der Waals surface area (Å²) < 4.78 is 10.3. The smallest absolute Gasteiger partial charge is 0.341 e. The van der Waals surface area contributed by atoms with Crippen molar-refractivity contribution in [2.75, 3.05) is 20.7 Å². The normalized spacial score (nSPS) is 12.5. The van der Waals surface area contributed by atoms with Crippen molar-refractivity contribution in [1.82, 2.24) is 10.6 Å². The molecule has 0 bridgehead atoms. The van der Waals surface area contributed by atoms with Crippen molar-refractivity contribution in [1.29, 1.82) is 0 Å². The van der Waals surface area contributed by atoms with Crippen LogP contribution in [-0.2, 0) is 11.3 Å². The number of carbonyl (C=O) groups excluding carboxylic acids is 1. The molecule has 0 spiro atoms.